The Kier molecular flexibility index (Phi) is 5.19. The first-order valence-electron chi connectivity index (χ1n) is 9.98. The zero-order valence-electron chi connectivity index (χ0n) is 17.5. The Balaban J connectivity index is 1.96. The fraction of sp³-hybridized carbons (Fsp3) is 0.154. The molecule has 0 saturated carbocycles. The van der Waals surface area contributed by atoms with Crippen LogP contribution in [0.15, 0.2) is 72.3 Å². The molecule has 1 aliphatic heterocycles. The second-order valence-electron chi connectivity index (χ2n) is 7.86. The number of carbonyl (C=O) groups is 2. The number of halogens is 1. The van der Waals surface area contributed by atoms with Crippen molar-refractivity contribution in [2.45, 2.75) is 26.8 Å². The second kappa shape index (κ2) is 7.84. The van der Waals surface area contributed by atoms with Crippen LogP contribution in [0.2, 0.25) is 0 Å². The number of benzene rings is 3. The number of aliphatic hydroxyl groups excluding tert-OH is 1. The van der Waals surface area contributed by atoms with Crippen LogP contribution in [0.25, 0.3) is 5.76 Å². The minimum atomic E-state index is -0.827. The molecule has 1 atom stereocenters. The van der Waals surface area contributed by atoms with Gasteiger partial charge in [-0.15, -0.1) is 0 Å². The highest BCUT2D eigenvalue weighted by molar-refractivity contribution is 6.51. The summed E-state index contributed by atoms with van der Waals surface area (Å²) in [6, 6.07) is 17.4. The van der Waals surface area contributed by atoms with Crippen LogP contribution in [-0.2, 0) is 9.59 Å². The zero-order chi connectivity index (χ0) is 22.3. The fourth-order valence-electron chi connectivity index (χ4n) is 3.90. The van der Waals surface area contributed by atoms with E-state index in [0.29, 0.717) is 16.8 Å². The summed E-state index contributed by atoms with van der Waals surface area (Å²) in [6.45, 7) is 5.79. The van der Waals surface area contributed by atoms with Gasteiger partial charge in [-0.3, -0.25) is 14.5 Å². The zero-order valence-corrected chi connectivity index (χ0v) is 17.5. The minimum absolute atomic E-state index is 0.0168. The lowest BCUT2D eigenvalue weighted by Crippen LogP contribution is -2.29. The van der Waals surface area contributed by atoms with Crippen LogP contribution in [0.5, 0.6) is 0 Å². The molecule has 1 aliphatic rings. The number of aryl methyl sites for hydroxylation is 3. The predicted octanol–water partition coefficient (Wildman–Crippen LogP) is 5.38. The maximum absolute atomic E-state index is 13.5. The van der Waals surface area contributed by atoms with Gasteiger partial charge >= 0.3 is 0 Å². The summed E-state index contributed by atoms with van der Waals surface area (Å²) in [5.74, 6) is -2.20. The number of nitrogens with zero attached hydrogens (tertiary/aromatic N) is 1. The second-order valence-corrected chi connectivity index (χ2v) is 7.86. The summed E-state index contributed by atoms with van der Waals surface area (Å²) in [4.78, 5) is 27.5. The summed E-state index contributed by atoms with van der Waals surface area (Å²) in [5.41, 5.74) is 4.53. The van der Waals surface area contributed by atoms with Crippen LogP contribution in [0.1, 0.15) is 33.9 Å². The van der Waals surface area contributed by atoms with Crippen LogP contribution in [0.3, 0.4) is 0 Å². The Labute approximate surface area is 180 Å². The number of anilines is 1. The largest absolute Gasteiger partial charge is 0.507 e. The van der Waals surface area contributed by atoms with E-state index < -0.39 is 23.5 Å². The SMILES string of the molecule is Cc1cccc(C2/C(=C(/O)c3ccc(C)c(C)c3)C(=O)C(=O)N2c2ccc(F)cc2)c1. The van der Waals surface area contributed by atoms with E-state index in [1.54, 1.807) is 12.1 Å². The maximum atomic E-state index is 13.5. The van der Waals surface area contributed by atoms with Crippen molar-refractivity contribution in [3.8, 4) is 0 Å². The van der Waals surface area contributed by atoms with Gasteiger partial charge in [0.15, 0.2) is 0 Å². The molecule has 1 heterocycles. The molecule has 0 radical (unpaired) electrons. The van der Waals surface area contributed by atoms with Crippen LogP contribution in [-0.4, -0.2) is 16.8 Å². The molecule has 1 unspecified atom stereocenters. The molecule has 3 aromatic carbocycles. The molecule has 3 aromatic rings. The third-order valence-electron chi connectivity index (χ3n) is 5.69. The van der Waals surface area contributed by atoms with Crippen LogP contribution < -0.4 is 4.90 Å². The van der Waals surface area contributed by atoms with E-state index >= 15 is 0 Å². The van der Waals surface area contributed by atoms with Gasteiger partial charge in [0.1, 0.15) is 11.6 Å². The third-order valence-corrected chi connectivity index (χ3v) is 5.69. The lowest BCUT2D eigenvalue weighted by atomic mass is 9.93. The minimum Gasteiger partial charge on any atom is -0.507 e. The smallest absolute Gasteiger partial charge is 0.300 e. The summed E-state index contributed by atoms with van der Waals surface area (Å²) in [5, 5.41) is 11.2. The summed E-state index contributed by atoms with van der Waals surface area (Å²) in [6.07, 6.45) is 0. The van der Waals surface area contributed by atoms with Crippen LogP contribution >= 0.6 is 0 Å². The van der Waals surface area contributed by atoms with Crippen molar-refractivity contribution in [1.82, 2.24) is 0 Å². The van der Waals surface area contributed by atoms with Gasteiger partial charge in [-0.05, 0) is 67.8 Å². The third kappa shape index (κ3) is 3.63. The van der Waals surface area contributed by atoms with Crippen molar-refractivity contribution in [2.24, 2.45) is 0 Å². The van der Waals surface area contributed by atoms with Gasteiger partial charge in [0.25, 0.3) is 11.7 Å². The van der Waals surface area contributed by atoms with Crippen molar-refractivity contribution in [1.29, 1.82) is 0 Å². The summed E-state index contributed by atoms with van der Waals surface area (Å²) in [7, 11) is 0. The number of rotatable bonds is 3. The van der Waals surface area contributed by atoms with Gasteiger partial charge in [0.2, 0.25) is 0 Å². The monoisotopic (exact) mass is 415 g/mol. The topological polar surface area (TPSA) is 57.6 Å². The van der Waals surface area contributed by atoms with Crippen molar-refractivity contribution < 1.29 is 19.1 Å². The lowest BCUT2D eigenvalue weighted by molar-refractivity contribution is -0.132. The first-order valence-corrected chi connectivity index (χ1v) is 9.98. The molecule has 1 N–H and O–H groups in total. The Morgan fingerprint density at radius 2 is 1.61 bits per heavy atom. The molecule has 0 aliphatic carbocycles. The van der Waals surface area contributed by atoms with Gasteiger partial charge in [-0.25, -0.2) is 4.39 Å². The van der Waals surface area contributed by atoms with Crippen LogP contribution in [0.4, 0.5) is 10.1 Å². The Morgan fingerprint density at radius 3 is 2.26 bits per heavy atom. The highest BCUT2D eigenvalue weighted by Crippen LogP contribution is 2.42. The molecule has 1 amide bonds. The van der Waals surface area contributed by atoms with E-state index in [4.69, 9.17) is 0 Å². The molecule has 0 spiro atoms. The first kappa shape index (κ1) is 20.5. The van der Waals surface area contributed by atoms with E-state index in [1.165, 1.54) is 29.2 Å². The molecule has 0 aromatic heterocycles. The highest BCUT2D eigenvalue weighted by atomic mass is 19.1. The van der Waals surface area contributed by atoms with E-state index in [-0.39, 0.29) is 11.3 Å². The number of ketones is 1. The fourth-order valence-corrected chi connectivity index (χ4v) is 3.90. The first-order chi connectivity index (χ1) is 14.8. The molecule has 1 saturated heterocycles. The number of aliphatic hydroxyl groups is 1. The van der Waals surface area contributed by atoms with Gasteiger partial charge in [0, 0.05) is 11.3 Å². The number of amides is 1. The Morgan fingerprint density at radius 1 is 0.903 bits per heavy atom. The molecule has 1 fully saturated rings. The van der Waals surface area contributed by atoms with Crippen LogP contribution in [0, 0.1) is 26.6 Å². The van der Waals surface area contributed by atoms with E-state index in [9.17, 15) is 19.1 Å². The molecule has 31 heavy (non-hydrogen) atoms. The number of hydrogen-bond donors (Lipinski definition) is 1. The molecule has 0 bridgehead atoms. The normalized spacial score (nSPS) is 17.9. The summed E-state index contributed by atoms with van der Waals surface area (Å²) >= 11 is 0. The molecular weight excluding hydrogens is 393 g/mol. The number of hydrogen-bond acceptors (Lipinski definition) is 3. The molecule has 156 valence electrons. The van der Waals surface area contributed by atoms with Crippen molar-refractivity contribution in [3.63, 3.8) is 0 Å². The van der Waals surface area contributed by atoms with Gasteiger partial charge in [-0.1, -0.05) is 42.0 Å². The predicted molar refractivity (Wildman–Crippen MR) is 118 cm³/mol. The summed E-state index contributed by atoms with van der Waals surface area (Å²) < 4.78 is 13.5. The quantitative estimate of drug-likeness (QED) is 0.355. The average molecular weight is 415 g/mol. The van der Waals surface area contributed by atoms with Crippen molar-refractivity contribution in [3.05, 3.63) is 106 Å². The lowest BCUT2D eigenvalue weighted by Gasteiger charge is -2.25. The molecular formula is C26H22FNO3. The highest BCUT2D eigenvalue weighted by Gasteiger charge is 2.47. The van der Waals surface area contributed by atoms with Gasteiger partial charge in [0.05, 0.1) is 11.6 Å². The molecule has 4 nitrogen and oxygen atoms in total. The van der Waals surface area contributed by atoms with Gasteiger partial charge < -0.3 is 5.11 Å². The average Bonchev–Trinajstić information content (AvgIpc) is 3.01. The number of Topliss-reactive ketones (excluding diaryl/α,β-unsaturated/α-hetero) is 1. The number of carbonyl (C=O) groups excluding carboxylic acids is 2. The van der Waals surface area contributed by atoms with E-state index in [1.807, 2.05) is 51.1 Å². The maximum Gasteiger partial charge on any atom is 0.300 e. The van der Waals surface area contributed by atoms with Crippen molar-refractivity contribution in [2.75, 3.05) is 4.90 Å². The Hall–Kier alpha value is -3.73. The van der Waals surface area contributed by atoms with Gasteiger partial charge in [-0.2, -0.15) is 0 Å². The molecule has 4 rings (SSSR count). The molecule has 5 heteroatoms. The van der Waals surface area contributed by atoms with E-state index in [2.05, 4.69) is 0 Å². The standard InChI is InChI=1S/C26H22FNO3/c1-15-5-4-6-18(13-15)23-22(24(29)19-8-7-16(2)17(3)14-19)25(30)26(31)28(23)21-11-9-20(27)10-12-21/h4-14,23,29H,1-3H3/b24-22-. The van der Waals surface area contributed by atoms with Crippen molar-refractivity contribution >= 4 is 23.1 Å². The Bertz CT molecular complexity index is 1230. The van der Waals surface area contributed by atoms with E-state index in [0.717, 1.165) is 16.7 Å².